The van der Waals surface area contributed by atoms with E-state index in [9.17, 15) is 9.90 Å². The molecule has 1 aliphatic rings. The van der Waals surface area contributed by atoms with Gasteiger partial charge in [0.1, 0.15) is 5.75 Å². The molecular weight excluding hydrogens is 302 g/mol. The minimum absolute atomic E-state index is 0.0595. The molecule has 124 valence electrons. The fourth-order valence-electron chi connectivity index (χ4n) is 2.77. The number of aromatic hydroxyl groups is 1. The Kier molecular flexibility index (Phi) is 5.23. The number of nitrogens with zero attached hydrogens (tertiary/aromatic N) is 3. The van der Waals surface area contributed by atoms with Gasteiger partial charge in [0.15, 0.2) is 0 Å². The van der Waals surface area contributed by atoms with E-state index in [4.69, 9.17) is 0 Å². The van der Waals surface area contributed by atoms with E-state index in [1.54, 1.807) is 11.0 Å². The highest BCUT2D eigenvalue weighted by molar-refractivity contribution is 5.96. The van der Waals surface area contributed by atoms with Crippen molar-refractivity contribution in [2.75, 3.05) is 32.7 Å². The van der Waals surface area contributed by atoms with Gasteiger partial charge in [-0.2, -0.15) is 0 Å². The summed E-state index contributed by atoms with van der Waals surface area (Å²) in [6.45, 7) is 3.87. The van der Waals surface area contributed by atoms with Crippen LogP contribution in [0, 0.1) is 0 Å². The quantitative estimate of drug-likeness (QED) is 0.938. The monoisotopic (exact) mass is 323 g/mol. The summed E-state index contributed by atoms with van der Waals surface area (Å²) in [7, 11) is 0. The second-order valence-corrected chi connectivity index (χ2v) is 5.80. The highest BCUT2D eigenvalue weighted by atomic mass is 16.3. The van der Waals surface area contributed by atoms with E-state index in [0.29, 0.717) is 18.7 Å². The molecule has 1 N–H and O–H groups in total. The van der Waals surface area contributed by atoms with Crippen LogP contribution in [0.4, 0.5) is 0 Å². The second-order valence-electron chi connectivity index (χ2n) is 5.80. The van der Waals surface area contributed by atoms with E-state index in [-0.39, 0.29) is 11.7 Å². The summed E-state index contributed by atoms with van der Waals surface area (Å²) < 4.78 is 0. The number of hydrogen-bond acceptors (Lipinski definition) is 4. The van der Waals surface area contributed by atoms with Gasteiger partial charge in [0.2, 0.25) is 0 Å². The van der Waals surface area contributed by atoms with Gasteiger partial charge in [0.05, 0.1) is 11.8 Å². The first kappa shape index (κ1) is 16.2. The number of amides is 1. The van der Waals surface area contributed by atoms with Crippen molar-refractivity contribution >= 4 is 12.0 Å². The molecule has 2 aromatic rings. The predicted molar refractivity (Wildman–Crippen MR) is 93.7 cm³/mol. The van der Waals surface area contributed by atoms with Gasteiger partial charge in [0.25, 0.3) is 5.91 Å². The normalized spacial score (nSPS) is 15.8. The molecule has 2 heterocycles. The minimum Gasteiger partial charge on any atom is -0.505 e. The van der Waals surface area contributed by atoms with Crippen LogP contribution in [0.5, 0.6) is 5.75 Å². The number of benzene rings is 1. The van der Waals surface area contributed by atoms with Crippen molar-refractivity contribution in [2.45, 2.75) is 0 Å². The summed E-state index contributed by atoms with van der Waals surface area (Å²) in [4.78, 5) is 20.3. The Bertz CT molecular complexity index is 708. The average molecular weight is 323 g/mol. The van der Waals surface area contributed by atoms with E-state index >= 15 is 0 Å². The predicted octanol–water partition coefficient (Wildman–Crippen LogP) is 2.26. The lowest BCUT2D eigenvalue weighted by Gasteiger charge is -2.34. The number of aromatic nitrogens is 1. The van der Waals surface area contributed by atoms with Crippen molar-refractivity contribution in [3.05, 3.63) is 66.0 Å². The van der Waals surface area contributed by atoms with Crippen LogP contribution in [0.25, 0.3) is 6.08 Å². The van der Waals surface area contributed by atoms with Crippen molar-refractivity contribution in [1.82, 2.24) is 14.8 Å². The SMILES string of the molecule is O=C(c1ccncc1O)N1CCN(C/C=C/c2ccccc2)CC1. The van der Waals surface area contributed by atoms with Gasteiger partial charge in [-0.3, -0.25) is 14.7 Å². The van der Waals surface area contributed by atoms with Crippen LogP contribution in [0.2, 0.25) is 0 Å². The summed E-state index contributed by atoms with van der Waals surface area (Å²) in [6, 6.07) is 11.8. The number of carbonyl (C=O) groups excluding carboxylic acids is 1. The van der Waals surface area contributed by atoms with E-state index in [1.165, 1.54) is 18.0 Å². The zero-order valence-electron chi connectivity index (χ0n) is 13.5. The van der Waals surface area contributed by atoms with Crippen molar-refractivity contribution in [2.24, 2.45) is 0 Å². The van der Waals surface area contributed by atoms with Crippen LogP contribution < -0.4 is 0 Å². The van der Waals surface area contributed by atoms with Gasteiger partial charge in [-0.1, -0.05) is 42.5 Å². The number of pyridine rings is 1. The van der Waals surface area contributed by atoms with E-state index in [1.807, 2.05) is 18.2 Å². The van der Waals surface area contributed by atoms with Gasteiger partial charge in [-0.25, -0.2) is 0 Å². The summed E-state index contributed by atoms with van der Waals surface area (Å²) >= 11 is 0. The highest BCUT2D eigenvalue weighted by Crippen LogP contribution is 2.17. The zero-order valence-corrected chi connectivity index (χ0v) is 13.5. The van der Waals surface area contributed by atoms with Gasteiger partial charge < -0.3 is 10.0 Å². The molecule has 1 aromatic heterocycles. The lowest BCUT2D eigenvalue weighted by Crippen LogP contribution is -2.48. The number of carbonyl (C=O) groups is 1. The van der Waals surface area contributed by atoms with Gasteiger partial charge in [-0.05, 0) is 11.6 Å². The molecular formula is C19H21N3O2. The molecule has 1 saturated heterocycles. The molecule has 0 spiro atoms. The van der Waals surface area contributed by atoms with Crippen molar-refractivity contribution in [3.63, 3.8) is 0 Å². The Labute approximate surface area is 141 Å². The van der Waals surface area contributed by atoms with Crippen LogP contribution in [0.1, 0.15) is 15.9 Å². The van der Waals surface area contributed by atoms with Crippen LogP contribution in [0.3, 0.4) is 0 Å². The first-order valence-electron chi connectivity index (χ1n) is 8.10. The molecule has 1 aromatic carbocycles. The molecule has 1 aliphatic heterocycles. The third kappa shape index (κ3) is 4.00. The molecule has 1 fully saturated rings. The molecule has 0 aliphatic carbocycles. The van der Waals surface area contributed by atoms with Crippen LogP contribution in [-0.4, -0.2) is 58.5 Å². The smallest absolute Gasteiger partial charge is 0.257 e. The Balaban J connectivity index is 1.50. The van der Waals surface area contributed by atoms with Gasteiger partial charge in [-0.15, -0.1) is 0 Å². The van der Waals surface area contributed by atoms with Crippen LogP contribution in [0.15, 0.2) is 54.9 Å². The fraction of sp³-hybridized carbons (Fsp3) is 0.263. The largest absolute Gasteiger partial charge is 0.505 e. The molecule has 0 bridgehead atoms. The third-order valence-electron chi connectivity index (χ3n) is 4.16. The molecule has 5 nitrogen and oxygen atoms in total. The maximum absolute atomic E-state index is 12.4. The zero-order chi connectivity index (χ0) is 16.8. The molecule has 24 heavy (non-hydrogen) atoms. The summed E-state index contributed by atoms with van der Waals surface area (Å²) in [5.74, 6) is -0.190. The van der Waals surface area contributed by atoms with Gasteiger partial charge >= 0.3 is 0 Å². The number of piperazine rings is 1. The Morgan fingerprint density at radius 2 is 1.88 bits per heavy atom. The maximum atomic E-state index is 12.4. The summed E-state index contributed by atoms with van der Waals surface area (Å²) in [5.41, 5.74) is 1.52. The van der Waals surface area contributed by atoms with E-state index in [0.717, 1.165) is 19.6 Å². The Morgan fingerprint density at radius 3 is 2.58 bits per heavy atom. The molecule has 5 heteroatoms. The molecule has 0 saturated carbocycles. The van der Waals surface area contributed by atoms with E-state index in [2.05, 4.69) is 34.2 Å². The number of hydrogen-bond donors (Lipinski definition) is 1. The third-order valence-corrected chi connectivity index (χ3v) is 4.16. The topological polar surface area (TPSA) is 56.7 Å². The van der Waals surface area contributed by atoms with Crippen LogP contribution >= 0.6 is 0 Å². The second kappa shape index (κ2) is 7.75. The molecule has 0 radical (unpaired) electrons. The molecule has 1 amide bonds. The maximum Gasteiger partial charge on any atom is 0.257 e. The average Bonchev–Trinajstić information content (AvgIpc) is 2.63. The minimum atomic E-state index is -0.130. The first-order valence-corrected chi connectivity index (χ1v) is 8.10. The lowest BCUT2D eigenvalue weighted by atomic mass is 10.2. The molecule has 3 rings (SSSR count). The molecule has 0 unspecified atom stereocenters. The van der Waals surface area contributed by atoms with Crippen LogP contribution in [-0.2, 0) is 0 Å². The Hall–Kier alpha value is -2.66. The lowest BCUT2D eigenvalue weighted by molar-refractivity contribution is 0.0647. The first-order chi connectivity index (χ1) is 11.7. The van der Waals surface area contributed by atoms with Crippen molar-refractivity contribution in [3.8, 4) is 5.75 Å². The van der Waals surface area contributed by atoms with Gasteiger partial charge in [0, 0.05) is 38.9 Å². The highest BCUT2D eigenvalue weighted by Gasteiger charge is 2.23. The van der Waals surface area contributed by atoms with Crippen molar-refractivity contribution in [1.29, 1.82) is 0 Å². The fourth-order valence-corrected chi connectivity index (χ4v) is 2.77. The van der Waals surface area contributed by atoms with E-state index < -0.39 is 0 Å². The molecule has 0 atom stereocenters. The summed E-state index contributed by atoms with van der Waals surface area (Å²) in [5, 5.41) is 9.76. The standard InChI is InChI=1S/C19H21N3O2/c23-18-15-20-9-8-17(18)19(24)22-13-11-21(12-14-22)10-4-7-16-5-2-1-3-6-16/h1-9,15,23H,10-14H2/b7-4+. The Morgan fingerprint density at radius 1 is 1.12 bits per heavy atom. The van der Waals surface area contributed by atoms with Crippen molar-refractivity contribution < 1.29 is 9.90 Å². The number of rotatable bonds is 4. The summed E-state index contributed by atoms with van der Waals surface area (Å²) in [6.07, 6.45) is 7.10.